The highest BCUT2D eigenvalue weighted by molar-refractivity contribution is 9.10. The van der Waals surface area contributed by atoms with Crippen LogP contribution in [0.5, 0.6) is 0 Å². The predicted molar refractivity (Wildman–Crippen MR) is 82.4 cm³/mol. The maximum Gasteiger partial charge on any atom is 0.275 e. The highest BCUT2D eigenvalue weighted by atomic mass is 79.9. The number of hydrogen-bond donors (Lipinski definition) is 0. The molecule has 0 spiro atoms. The van der Waals surface area contributed by atoms with Crippen LogP contribution in [0.2, 0.25) is 0 Å². The Morgan fingerprint density at radius 1 is 1.45 bits per heavy atom. The summed E-state index contributed by atoms with van der Waals surface area (Å²) >= 11 is 3.38. The molecule has 110 valence electrons. The van der Waals surface area contributed by atoms with Crippen molar-refractivity contribution >= 4 is 27.3 Å². The largest absolute Gasteiger partial charge is 0.381 e. The molecule has 1 aliphatic heterocycles. The van der Waals surface area contributed by atoms with Crippen LogP contribution in [0.3, 0.4) is 0 Å². The molecule has 2 rings (SSSR count). The topological polar surface area (TPSA) is 55.6 Å². The minimum absolute atomic E-state index is 0.167. The van der Waals surface area contributed by atoms with Crippen LogP contribution in [0.25, 0.3) is 0 Å². The number of ether oxygens (including phenoxy) is 1. The molecule has 0 N–H and O–H groups in total. The first-order valence-electron chi connectivity index (χ1n) is 6.83. The number of benzene rings is 1. The Labute approximate surface area is 127 Å². The normalized spacial score (nSPS) is 16.1. The maximum atomic E-state index is 11.2. The molecule has 1 aliphatic rings. The minimum Gasteiger partial charge on any atom is -0.381 e. The molecule has 1 heterocycles. The smallest absolute Gasteiger partial charge is 0.275 e. The van der Waals surface area contributed by atoms with Crippen LogP contribution in [0.4, 0.5) is 11.4 Å². The van der Waals surface area contributed by atoms with Gasteiger partial charge in [-0.1, -0.05) is 15.9 Å². The van der Waals surface area contributed by atoms with E-state index in [-0.39, 0.29) is 10.6 Å². The number of halogens is 1. The maximum absolute atomic E-state index is 11.2. The van der Waals surface area contributed by atoms with E-state index >= 15 is 0 Å². The molecule has 0 radical (unpaired) electrons. The molecule has 0 unspecified atom stereocenters. The lowest BCUT2D eigenvalue weighted by Crippen LogP contribution is -2.39. The molecule has 1 fully saturated rings. The van der Waals surface area contributed by atoms with Crippen molar-refractivity contribution in [3.8, 4) is 0 Å². The second-order valence-corrected chi connectivity index (χ2v) is 5.87. The molecule has 1 aromatic carbocycles. The molecule has 0 saturated carbocycles. The average Bonchev–Trinajstić information content (AvgIpc) is 2.44. The van der Waals surface area contributed by atoms with Gasteiger partial charge in [0.15, 0.2) is 0 Å². The molecule has 0 aliphatic carbocycles. The van der Waals surface area contributed by atoms with Crippen LogP contribution in [0.1, 0.15) is 25.3 Å². The Hall–Kier alpha value is -1.14. The third kappa shape index (κ3) is 3.12. The molecule has 0 atom stereocenters. The summed E-state index contributed by atoms with van der Waals surface area (Å²) in [5, 5.41) is 11.2. The molecule has 1 aromatic rings. The zero-order valence-corrected chi connectivity index (χ0v) is 13.4. The summed E-state index contributed by atoms with van der Waals surface area (Å²) in [5.41, 5.74) is 1.84. The Kier molecular flexibility index (Phi) is 4.99. The second-order valence-electron chi connectivity index (χ2n) is 4.96. The standard InChI is InChI=1S/C14H19BrN2O3/c1-3-16(12-4-6-20-7-5-12)13-8-11(15)9-14(10(13)2)17(18)19/h8-9,12H,3-7H2,1-2H3. The van der Waals surface area contributed by atoms with Crippen LogP contribution in [0, 0.1) is 17.0 Å². The van der Waals surface area contributed by atoms with Crippen LogP contribution in [0.15, 0.2) is 16.6 Å². The highest BCUT2D eigenvalue weighted by Crippen LogP contribution is 2.34. The molecule has 5 nitrogen and oxygen atoms in total. The third-order valence-electron chi connectivity index (χ3n) is 3.80. The van der Waals surface area contributed by atoms with Gasteiger partial charge in [-0.3, -0.25) is 10.1 Å². The fraction of sp³-hybridized carbons (Fsp3) is 0.571. The van der Waals surface area contributed by atoms with E-state index in [1.807, 2.05) is 13.0 Å². The summed E-state index contributed by atoms with van der Waals surface area (Å²) < 4.78 is 6.15. The number of nitro benzene ring substituents is 1. The predicted octanol–water partition coefficient (Wildman–Crippen LogP) is 3.67. The SMILES string of the molecule is CCN(c1cc(Br)cc([N+](=O)[O-])c1C)C1CCOCC1. The van der Waals surface area contributed by atoms with Gasteiger partial charge >= 0.3 is 0 Å². The summed E-state index contributed by atoms with van der Waals surface area (Å²) in [7, 11) is 0. The van der Waals surface area contributed by atoms with Crippen molar-refractivity contribution < 1.29 is 9.66 Å². The van der Waals surface area contributed by atoms with Crippen molar-refractivity contribution in [1.29, 1.82) is 0 Å². The van der Waals surface area contributed by atoms with Crippen molar-refractivity contribution in [3.63, 3.8) is 0 Å². The van der Waals surface area contributed by atoms with E-state index < -0.39 is 0 Å². The second kappa shape index (κ2) is 6.54. The quantitative estimate of drug-likeness (QED) is 0.618. The molecule has 0 bridgehead atoms. The zero-order valence-electron chi connectivity index (χ0n) is 11.8. The number of nitro groups is 1. The van der Waals surface area contributed by atoms with Gasteiger partial charge in [0.2, 0.25) is 0 Å². The summed E-state index contributed by atoms with van der Waals surface area (Å²) in [4.78, 5) is 13.1. The van der Waals surface area contributed by atoms with Crippen molar-refractivity contribution in [3.05, 3.63) is 32.3 Å². The van der Waals surface area contributed by atoms with E-state index in [9.17, 15) is 10.1 Å². The molecule has 20 heavy (non-hydrogen) atoms. The Morgan fingerprint density at radius 3 is 2.65 bits per heavy atom. The number of nitrogens with zero attached hydrogens (tertiary/aromatic N) is 2. The van der Waals surface area contributed by atoms with Gasteiger partial charge in [-0.05, 0) is 32.8 Å². The Bertz CT molecular complexity index is 501. The average molecular weight is 343 g/mol. The van der Waals surface area contributed by atoms with Gasteiger partial charge in [0, 0.05) is 42.0 Å². The van der Waals surface area contributed by atoms with Gasteiger partial charge in [0.25, 0.3) is 5.69 Å². The lowest BCUT2D eigenvalue weighted by atomic mass is 10.0. The summed E-state index contributed by atoms with van der Waals surface area (Å²) in [6, 6.07) is 3.93. The molecule has 0 amide bonds. The lowest BCUT2D eigenvalue weighted by Gasteiger charge is -2.36. The van der Waals surface area contributed by atoms with E-state index in [2.05, 4.69) is 27.8 Å². The minimum atomic E-state index is -0.318. The first-order valence-corrected chi connectivity index (χ1v) is 7.62. The highest BCUT2D eigenvalue weighted by Gasteiger charge is 2.25. The van der Waals surface area contributed by atoms with Crippen LogP contribution < -0.4 is 4.90 Å². The van der Waals surface area contributed by atoms with Gasteiger partial charge < -0.3 is 9.64 Å². The molecular weight excluding hydrogens is 324 g/mol. The number of rotatable bonds is 4. The fourth-order valence-electron chi connectivity index (χ4n) is 2.76. The van der Waals surface area contributed by atoms with Gasteiger partial charge in [-0.2, -0.15) is 0 Å². The van der Waals surface area contributed by atoms with Gasteiger partial charge in [0.05, 0.1) is 10.5 Å². The molecule has 6 heteroatoms. The first kappa shape index (κ1) is 15.3. The number of anilines is 1. The molecule has 1 saturated heterocycles. The fourth-order valence-corrected chi connectivity index (χ4v) is 3.19. The van der Waals surface area contributed by atoms with Crippen LogP contribution >= 0.6 is 15.9 Å². The lowest BCUT2D eigenvalue weighted by molar-refractivity contribution is -0.385. The molecular formula is C14H19BrN2O3. The third-order valence-corrected chi connectivity index (χ3v) is 4.25. The van der Waals surface area contributed by atoms with E-state index in [0.717, 1.165) is 48.3 Å². The van der Waals surface area contributed by atoms with Crippen molar-refractivity contribution in [2.75, 3.05) is 24.7 Å². The first-order chi connectivity index (χ1) is 9.54. The summed E-state index contributed by atoms with van der Waals surface area (Å²) in [5.74, 6) is 0. The van der Waals surface area contributed by atoms with Gasteiger partial charge in [-0.25, -0.2) is 0 Å². The van der Waals surface area contributed by atoms with Crippen LogP contribution in [-0.2, 0) is 4.74 Å². The van der Waals surface area contributed by atoms with Gasteiger partial charge in [-0.15, -0.1) is 0 Å². The van der Waals surface area contributed by atoms with Crippen LogP contribution in [-0.4, -0.2) is 30.7 Å². The Balaban J connectivity index is 2.40. The Morgan fingerprint density at radius 2 is 2.10 bits per heavy atom. The monoisotopic (exact) mass is 342 g/mol. The molecule has 0 aromatic heterocycles. The van der Waals surface area contributed by atoms with E-state index in [1.54, 1.807) is 6.07 Å². The summed E-state index contributed by atoms with van der Waals surface area (Å²) in [6.45, 7) is 6.26. The zero-order chi connectivity index (χ0) is 14.7. The van der Waals surface area contributed by atoms with Crippen molar-refractivity contribution in [2.24, 2.45) is 0 Å². The van der Waals surface area contributed by atoms with E-state index in [4.69, 9.17) is 4.74 Å². The number of hydrogen-bond acceptors (Lipinski definition) is 4. The van der Waals surface area contributed by atoms with E-state index in [1.165, 1.54) is 0 Å². The van der Waals surface area contributed by atoms with Gasteiger partial charge in [0.1, 0.15) is 0 Å². The van der Waals surface area contributed by atoms with Crippen molar-refractivity contribution in [1.82, 2.24) is 0 Å². The van der Waals surface area contributed by atoms with E-state index in [0.29, 0.717) is 6.04 Å². The summed E-state index contributed by atoms with van der Waals surface area (Å²) in [6.07, 6.45) is 1.93. The van der Waals surface area contributed by atoms with Crippen molar-refractivity contribution in [2.45, 2.75) is 32.7 Å².